The number of aromatic nitrogens is 3. The number of rotatable bonds is 2. The quantitative estimate of drug-likeness (QED) is 0.617. The molecule has 2 rings (SSSR count). The summed E-state index contributed by atoms with van der Waals surface area (Å²) in [4.78, 5) is 6.66. The third-order valence-corrected chi connectivity index (χ3v) is 3.50. The Morgan fingerprint density at radius 1 is 1.50 bits per heavy atom. The first-order chi connectivity index (χ1) is 8.70. The SMILES string of the molecule is CN=C(NCc1nncn1C)N1CCC(C)CC1. The molecule has 0 aliphatic carbocycles. The zero-order valence-electron chi connectivity index (χ0n) is 11.4. The molecule has 1 aliphatic heterocycles. The second kappa shape index (κ2) is 5.84. The number of likely N-dealkylation sites (tertiary alicyclic amines) is 1. The van der Waals surface area contributed by atoms with Gasteiger partial charge in [-0.2, -0.15) is 0 Å². The summed E-state index contributed by atoms with van der Waals surface area (Å²) in [5, 5.41) is 11.3. The molecule has 1 aliphatic rings. The van der Waals surface area contributed by atoms with Gasteiger partial charge in [-0.15, -0.1) is 10.2 Å². The molecule has 0 unspecified atom stereocenters. The number of aliphatic imine (C=N–C) groups is 1. The Balaban J connectivity index is 1.88. The van der Waals surface area contributed by atoms with Gasteiger partial charge in [0, 0.05) is 27.2 Å². The van der Waals surface area contributed by atoms with E-state index in [1.807, 2.05) is 18.7 Å². The van der Waals surface area contributed by atoms with Gasteiger partial charge < -0.3 is 14.8 Å². The van der Waals surface area contributed by atoms with E-state index < -0.39 is 0 Å². The molecule has 0 aromatic carbocycles. The number of nitrogens with zero attached hydrogens (tertiary/aromatic N) is 5. The molecule has 0 amide bonds. The Kier molecular flexibility index (Phi) is 4.17. The van der Waals surface area contributed by atoms with Gasteiger partial charge in [-0.1, -0.05) is 6.92 Å². The van der Waals surface area contributed by atoms with Crippen molar-refractivity contribution in [3.8, 4) is 0 Å². The zero-order valence-corrected chi connectivity index (χ0v) is 11.4. The van der Waals surface area contributed by atoms with E-state index in [1.165, 1.54) is 12.8 Å². The second-order valence-electron chi connectivity index (χ2n) is 4.93. The van der Waals surface area contributed by atoms with E-state index >= 15 is 0 Å². The normalized spacial score (nSPS) is 18.2. The van der Waals surface area contributed by atoms with Crippen LogP contribution in [0.4, 0.5) is 0 Å². The van der Waals surface area contributed by atoms with Gasteiger partial charge in [-0.25, -0.2) is 0 Å². The Labute approximate surface area is 108 Å². The molecule has 1 aromatic heterocycles. The maximum atomic E-state index is 4.34. The van der Waals surface area contributed by atoms with Crippen molar-refractivity contribution in [2.75, 3.05) is 20.1 Å². The van der Waals surface area contributed by atoms with E-state index in [2.05, 4.69) is 32.3 Å². The molecule has 6 heteroatoms. The molecule has 0 spiro atoms. The van der Waals surface area contributed by atoms with E-state index in [-0.39, 0.29) is 0 Å². The van der Waals surface area contributed by atoms with E-state index in [0.29, 0.717) is 6.54 Å². The van der Waals surface area contributed by atoms with Gasteiger partial charge >= 0.3 is 0 Å². The first kappa shape index (κ1) is 12.9. The summed E-state index contributed by atoms with van der Waals surface area (Å²) in [6.45, 7) is 5.14. The van der Waals surface area contributed by atoms with Crippen molar-refractivity contribution in [3.05, 3.63) is 12.2 Å². The summed E-state index contributed by atoms with van der Waals surface area (Å²) in [6.07, 6.45) is 4.19. The predicted octanol–water partition coefficient (Wildman–Crippen LogP) is 0.622. The minimum Gasteiger partial charge on any atom is -0.349 e. The zero-order chi connectivity index (χ0) is 13.0. The van der Waals surface area contributed by atoms with Crippen LogP contribution in [-0.4, -0.2) is 45.8 Å². The van der Waals surface area contributed by atoms with Crippen LogP contribution in [0.15, 0.2) is 11.3 Å². The lowest BCUT2D eigenvalue weighted by atomic mass is 10.00. The minimum absolute atomic E-state index is 0.662. The van der Waals surface area contributed by atoms with Crippen LogP contribution < -0.4 is 5.32 Å². The Morgan fingerprint density at radius 2 is 2.22 bits per heavy atom. The number of hydrogen-bond donors (Lipinski definition) is 1. The molecule has 1 saturated heterocycles. The van der Waals surface area contributed by atoms with Crippen LogP contribution in [0.25, 0.3) is 0 Å². The van der Waals surface area contributed by atoms with E-state index in [9.17, 15) is 0 Å². The summed E-state index contributed by atoms with van der Waals surface area (Å²) < 4.78 is 1.92. The predicted molar refractivity (Wildman–Crippen MR) is 71.2 cm³/mol. The topological polar surface area (TPSA) is 58.3 Å². The highest BCUT2D eigenvalue weighted by Gasteiger charge is 2.18. The fourth-order valence-corrected chi connectivity index (χ4v) is 2.18. The highest BCUT2D eigenvalue weighted by molar-refractivity contribution is 5.79. The van der Waals surface area contributed by atoms with E-state index in [1.54, 1.807) is 6.33 Å². The largest absolute Gasteiger partial charge is 0.349 e. The second-order valence-corrected chi connectivity index (χ2v) is 4.93. The third kappa shape index (κ3) is 3.00. The van der Waals surface area contributed by atoms with Crippen molar-refractivity contribution < 1.29 is 0 Å². The summed E-state index contributed by atoms with van der Waals surface area (Å²) in [6, 6.07) is 0. The molecule has 0 atom stereocenters. The maximum absolute atomic E-state index is 4.34. The lowest BCUT2D eigenvalue weighted by Gasteiger charge is -2.32. The number of piperidine rings is 1. The summed E-state index contributed by atoms with van der Waals surface area (Å²) in [5.41, 5.74) is 0. The minimum atomic E-state index is 0.662. The fourth-order valence-electron chi connectivity index (χ4n) is 2.18. The summed E-state index contributed by atoms with van der Waals surface area (Å²) >= 11 is 0. The van der Waals surface area contributed by atoms with Crippen LogP contribution in [0.1, 0.15) is 25.6 Å². The Bertz CT molecular complexity index is 402. The number of aryl methyl sites for hydroxylation is 1. The molecular formula is C12H22N6. The molecular weight excluding hydrogens is 228 g/mol. The van der Waals surface area contributed by atoms with Crippen LogP contribution in [-0.2, 0) is 13.6 Å². The highest BCUT2D eigenvalue weighted by Crippen LogP contribution is 2.15. The summed E-state index contributed by atoms with van der Waals surface area (Å²) in [5.74, 6) is 2.71. The number of guanidine groups is 1. The smallest absolute Gasteiger partial charge is 0.194 e. The number of nitrogens with one attached hydrogen (secondary N) is 1. The van der Waals surface area contributed by atoms with Gasteiger partial charge in [0.1, 0.15) is 6.33 Å². The van der Waals surface area contributed by atoms with Gasteiger partial charge in [0.25, 0.3) is 0 Å². The first-order valence-corrected chi connectivity index (χ1v) is 6.49. The number of hydrogen-bond acceptors (Lipinski definition) is 3. The molecule has 6 nitrogen and oxygen atoms in total. The average molecular weight is 250 g/mol. The molecule has 1 N–H and O–H groups in total. The average Bonchev–Trinajstić information content (AvgIpc) is 2.78. The molecule has 1 fully saturated rings. The highest BCUT2D eigenvalue weighted by atomic mass is 15.3. The lowest BCUT2D eigenvalue weighted by molar-refractivity contribution is 0.273. The maximum Gasteiger partial charge on any atom is 0.194 e. The van der Waals surface area contributed by atoms with Crippen LogP contribution >= 0.6 is 0 Å². The molecule has 2 heterocycles. The first-order valence-electron chi connectivity index (χ1n) is 6.49. The van der Waals surface area contributed by atoms with Crippen molar-refractivity contribution in [3.63, 3.8) is 0 Å². The lowest BCUT2D eigenvalue weighted by Crippen LogP contribution is -2.45. The van der Waals surface area contributed by atoms with Gasteiger partial charge in [-0.3, -0.25) is 4.99 Å². The van der Waals surface area contributed by atoms with E-state index in [4.69, 9.17) is 0 Å². The van der Waals surface area contributed by atoms with Crippen molar-refractivity contribution in [1.29, 1.82) is 0 Å². The van der Waals surface area contributed by atoms with Crippen LogP contribution in [0, 0.1) is 5.92 Å². The van der Waals surface area contributed by atoms with E-state index in [0.717, 1.165) is 30.8 Å². The van der Waals surface area contributed by atoms with Crippen LogP contribution in [0.5, 0.6) is 0 Å². The van der Waals surface area contributed by atoms with Crippen LogP contribution in [0.2, 0.25) is 0 Å². The monoisotopic (exact) mass is 250 g/mol. The van der Waals surface area contributed by atoms with Gasteiger partial charge in [0.05, 0.1) is 6.54 Å². The molecule has 0 saturated carbocycles. The van der Waals surface area contributed by atoms with Crippen molar-refractivity contribution in [1.82, 2.24) is 25.0 Å². The van der Waals surface area contributed by atoms with Crippen molar-refractivity contribution >= 4 is 5.96 Å². The van der Waals surface area contributed by atoms with Crippen molar-refractivity contribution in [2.45, 2.75) is 26.3 Å². The Morgan fingerprint density at radius 3 is 2.78 bits per heavy atom. The van der Waals surface area contributed by atoms with Crippen molar-refractivity contribution in [2.24, 2.45) is 18.0 Å². The molecule has 0 bridgehead atoms. The fraction of sp³-hybridized carbons (Fsp3) is 0.750. The molecule has 1 aromatic rings. The molecule has 100 valence electrons. The summed E-state index contributed by atoms with van der Waals surface area (Å²) in [7, 11) is 3.78. The standard InChI is InChI=1S/C12H22N6/c1-10-4-6-18(7-5-10)12(13-2)14-8-11-16-15-9-17(11)3/h9-10H,4-8H2,1-3H3,(H,13,14). The Hall–Kier alpha value is -1.59. The molecule has 18 heavy (non-hydrogen) atoms. The van der Waals surface area contributed by atoms with Crippen LogP contribution in [0.3, 0.4) is 0 Å². The van der Waals surface area contributed by atoms with Gasteiger partial charge in [0.2, 0.25) is 0 Å². The van der Waals surface area contributed by atoms with Gasteiger partial charge in [0.15, 0.2) is 11.8 Å². The van der Waals surface area contributed by atoms with Gasteiger partial charge in [-0.05, 0) is 18.8 Å². The third-order valence-electron chi connectivity index (χ3n) is 3.50. The molecule has 0 radical (unpaired) electrons.